The molecule has 0 aliphatic rings. The Morgan fingerprint density at radius 1 is 1.56 bits per heavy atom. The zero-order valence-corrected chi connectivity index (χ0v) is 11.5. The van der Waals surface area contributed by atoms with Crippen molar-refractivity contribution in [2.75, 3.05) is 20.6 Å². The standard InChI is InChI=1S/C11H17N3O3S/c1-7(12-9(15)4-5-14(2)3)10-13-8(6-18-10)11(16)17/h6-7H,4-5H2,1-3H3,(H,12,15)(H,16,17). The SMILES string of the molecule is CC(NC(=O)CCN(C)C)c1nc(C(=O)O)cs1. The number of carbonyl (C=O) groups excluding carboxylic acids is 1. The Morgan fingerprint density at radius 2 is 2.22 bits per heavy atom. The predicted octanol–water partition coefficient (Wildman–Crippen LogP) is 0.970. The Kier molecular flexibility index (Phi) is 5.24. The van der Waals surface area contributed by atoms with Gasteiger partial charge in [-0.3, -0.25) is 4.79 Å². The maximum absolute atomic E-state index is 11.6. The highest BCUT2D eigenvalue weighted by molar-refractivity contribution is 7.09. The number of aromatic carboxylic acids is 1. The molecule has 0 aliphatic carbocycles. The molecule has 1 aromatic heterocycles. The van der Waals surface area contributed by atoms with Crippen molar-refractivity contribution in [1.82, 2.24) is 15.2 Å². The number of carboxylic acids is 1. The van der Waals surface area contributed by atoms with Crippen LogP contribution in [0.3, 0.4) is 0 Å². The summed E-state index contributed by atoms with van der Waals surface area (Å²) < 4.78 is 0. The fourth-order valence-corrected chi connectivity index (χ4v) is 2.09. The summed E-state index contributed by atoms with van der Waals surface area (Å²) >= 11 is 1.24. The molecule has 0 spiro atoms. The second-order valence-corrected chi connectivity index (χ2v) is 5.11. The van der Waals surface area contributed by atoms with Crippen molar-refractivity contribution in [1.29, 1.82) is 0 Å². The van der Waals surface area contributed by atoms with Gasteiger partial charge < -0.3 is 15.3 Å². The number of carboxylic acid groups (broad SMARTS) is 1. The fourth-order valence-electron chi connectivity index (χ4n) is 1.29. The average molecular weight is 271 g/mol. The van der Waals surface area contributed by atoms with Gasteiger partial charge in [-0.05, 0) is 21.0 Å². The second kappa shape index (κ2) is 6.46. The molecule has 6 nitrogen and oxygen atoms in total. The van der Waals surface area contributed by atoms with Crippen LogP contribution >= 0.6 is 11.3 Å². The quantitative estimate of drug-likeness (QED) is 0.805. The number of thiazole rings is 1. The Bertz CT molecular complexity index is 431. The van der Waals surface area contributed by atoms with Gasteiger partial charge in [0.25, 0.3) is 0 Å². The highest BCUT2D eigenvalue weighted by Gasteiger charge is 2.15. The largest absolute Gasteiger partial charge is 0.476 e. The minimum Gasteiger partial charge on any atom is -0.476 e. The van der Waals surface area contributed by atoms with Crippen LogP contribution in [0.2, 0.25) is 0 Å². The predicted molar refractivity (Wildman–Crippen MR) is 68.8 cm³/mol. The first-order chi connectivity index (χ1) is 8.40. The van der Waals surface area contributed by atoms with Gasteiger partial charge in [0.15, 0.2) is 5.69 Å². The van der Waals surface area contributed by atoms with Gasteiger partial charge in [0.2, 0.25) is 5.91 Å². The van der Waals surface area contributed by atoms with E-state index in [4.69, 9.17) is 5.11 Å². The third kappa shape index (κ3) is 4.42. The Morgan fingerprint density at radius 3 is 2.72 bits per heavy atom. The maximum atomic E-state index is 11.6. The molecule has 18 heavy (non-hydrogen) atoms. The minimum atomic E-state index is -1.05. The maximum Gasteiger partial charge on any atom is 0.355 e. The Hall–Kier alpha value is -1.47. The molecule has 1 amide bonds. The van der Waals surface area contributed by atoms with E-state index in [1.54, 1.807) is 6.92 Å². The smallest absolute Gasteiger partial charge is 0.355 e. The first kappa shape index (κ1) is 14.6. The second-order valence-electron chi connectivity index (χ2n) is 4.22. The monoisotopic (exact) mass is 271 g/mol. The summed E-state index contributed by atoms with van der Waals surface area (Å²) in [6.45, 7) is 2.47. The summed E-state index contributed by atoms with van der Waals surface area (Å²) in [5.74, 6) is -1.12. The molecule has 0 bridgehead atoms. The molecule has 1 atom stereocenters. The molecule has 2 N–H and O–H groups in total. The Balaban J connectivity index is 2.51. The van der Waals surface area contributed by atoms with Crippen molar-refractivity contribution in [2.45, 2.75) is 19.4 Å². The van der Waals surface area contributed by atoms with E-state index in [2.05, 4.69) is 10.3 Å². The molecular formula is C11H17N3O3S. The molecule has 0 radical (unpaired) electrons. The molecule has 0 saturated heterocycles. The van der Waals surface area contributed by atoms with Crippen LogP contribution in [-0.2, 0) is 4.79 Å². The summed E-state index contributed by atoms with van der Waals surface area (Å²) in [6, 6.07) is -0.266. The molecule has 0 saturated carbocycles. The van der Waals surface area contributed by atoms with Gasteiger partial charge in [-0.2, -0.15) is 0 Å². The van der Waals surface area contributed by atoms with Gasteiger partial charge in [-0.15, -0.1) is 11.3 Å². The number of amides is 1. The van der Waals surface area contributed by atoms with Crippen LogP contribution < -0.4 is 5.32 Å². The highest BCUT2D eigenvalue weighted by atomic mass is 32.1. The number of carbonyl (C=O) groups is 2. The van der Waals surface area contributed by atoms with Crippen molar-refractivity contribution >= 4 is 23.2 Å². The van der Waals surface area contributed by atoms with Gasteiger partial charge in [0, 0.05) is 18.3 Å². The zero-order chi connectivity index (χ0) is 13.7. The van der Waals surface area contributed by atoms with Crippen molar-refractivity contribution < 1.29 is 14.7 Å². The van der Waals surface area contributed by atoms with Crippen molar-refractivity contribution in [3.8, 4) is 0 Å². The van der Waals surface area contributed by atoms with Crippen molar-refractivity contribution in [2.24, 2.45) is 0 Å². The molecule has 0 fully saturated rings. The van der Waals surface area contributed by atoms with Gasteiger partial charge >= 0.3 is 5.97 Å². The van der Waals surface area contributed by atoms with Crippen LogP contribution in [0, 0.1) is 0 Å². The first-order valence-corrected chi connectivity index (χ1v) is 6.41. The molecule has 100 valence electrons. The molecule has 1 heterocycles. The van der Waals surface area contributed by atoms with E-state index in [9.17, 15) is 9.59 Å². The lowest BCUT2D eigenvalue weighted by molar-refractivity contribution is -0.121. The normalized spacial score (nSPS) is 12.4. The van der Waals surface area contributed by atoms with Crippen LogP contribution in [0.25, 0.3) is 0 Å². The summed E-state index contributed by atoms with van der Waals surface area (Å²) in [5, 5.41) is 13.6. The van der Waals surface area contributed by atoms with Crippen LogP contribution in [0.4, 0.5) is 0 Å². The molecule has 0 aliphatic heterocycles. The summed E-state index contributed by atoms with van der Waals surface area (Å²) in [6.07, 6.45) is 0.411. The molecular weight excluding hydrogens is 254 g/mol. The van der Waals surface area contributed by atoms with Gasteiger partial charge in [-0.1, -0.05) is 0 Å². The van der Waals surface area contributed by atoms with Crippen LogP contribution in [0.1, 0.15) is 34.9 Å². The van der Waals surface area contributed by atoms with Crippen molar-refractivity contribution in [3.05, 3.63) is 16.1 Å². The van der Waals surface area contributed by atoms with E-state index in [-0.39, 0.29) is 17.6 Å². The lowest BCUT2D eigenvalue weighted by Crippen LogP contribution is -2.29. The van der Waals surface area contributed by atoms with Gasteiger partial charge in [0.1, 0.15) is 5.01 Å². The molecule has 0 aromatic carbocycles. The Labute approximate surface area is 110 Å². The molecule has 1 aromatic rings. The summed E-state index contributed by atoms with van der Waals surface area (Å²) in [5.41, 5.74) is 0.0180. The number of rotatable bonds is 6. The number of hydrogen-bond acceptors (Lipinski definition) is 5. The summed E-state index contributed by atoms with van der Waals surface area (Å²) in [4.78, 5) is 28.2. The van der Waals surface area contributed by atoms with Gasteiger partial charge in [0.05, 0.1) is 6.04 Å². The lowest BCUT2D eigenvalue weighted by atomic mass is 10.3. The van der Waals surface area contributed by atoms with E-state index in [1.165, 1.54) is 16.7 Å². The van der Waals surface area contributed by atoms with Crippen molar-refractivity contribution in [3.63, 3.8) is 0 Å². The topological polar surface area (TPSA) is 82.5 Å². The third-order valence-electron chi connectivity index (χ3n) is 2.28. The van der Waals surface area contributed by atoms with E-state index < -0.39 is 5.97 Å². The summed E-state index contributed by atoms with van der Waals surface area (Å²) in [7, 11) is 3.80. The van der Waals surface area contributed by atoms with Crippen LogP contribution in [0.5, 0.6) is 0 Å². The first-order valence-electron chi connectivity index (χ1n) is 5.53. The van der Waals surface area contributed by atoms with E-state index in [0.29, 0.717) is 18.0 Å². The number of nitrogens with one attached hydrogen (secondary N) is 1. The van der Waals surface area contributed by atoms with Gasteiger partial charge in [-0.25, -0.2) is 9.78 Å². The number of aromatic nitrogens is 1. The molecule has 1 unspecified atom stereocenters. The highest BCUT2D eigenvalue weighted by Crippen LogP contribution is 2.17. The van der Waals surface area contributed by atoms with E-state index in [1.807, 2.05) is 19.0 Å². The third-order valence-corrected chi connectivity index (χ3v) is 3.30. The van der Waals surface area contributed by atoms with E-state index in [0.717, 1.165) is 0 Å². The molecule has 1 rings (SSSR count). The van der Waals surface area contributed by atoms with Crippen LogP contribution in [-0.4, -0.2) is 47.5 Å². The minimum absolute atomic E-state index is 0.0180. The lowest BCUT2D eigenvalue weighted by Gasteiger charge is -2.13. The average Bonchev–Trinajstić information content (AvgIpc) is 2.75. The van der Waals surface area contributed by atoms with Crippen LogP contribution in [0.15, 0.2) is 5.38 Å². The molecule has 7 heteroatoms. The number of nitrogens with zero attached hydrogens (tertiary/aromatic N) is 2. The zero-order valence-electron chi connectivity index (χ0n) is 10.6. The fraction of sp³-hybridized carbons (Fsp3) is 0.545. The van der Waals surface area contributed by atoms with E-state index >= 15 is 0 Å². The number of hydrogen-bond donors (Lipinski definition) is 2.